The van der Waals surface area contributed by atoms with Gasteiger partial charge in [0.05, 0.1) is 18.8 Å². The van der Waals surface area contributed by atoms with Crippen molar-refractivity contribution in [2.24, 2.45) is 11.3 Å². The van der Waals surface area contributed by atoms with Crippen LogP contribution in [0.3, 0.4) is 0 Å². The van der Waals surface area contributed by atoms with E-state index in [4.69, 9.17) is 32.9 Å². The fourth-order valence-corrected chi connectivity index (χ4v) is 20.0. The van der Waals surface area contributed by atoms with Gasteiger partial charge in [0.1, 0.15) is 6.26 Å². The summed E-state index contributed by atoms with van der Waals surface area (Å²) in [5, 5.41) is 2.48. The van der Waals surface area contributed by atoms with Crippen molar-refractivity contribution in [3.05, 3.63) is 57.6 Å². The summed E-state index contributed by atoms with van der Waals surface area (Å²) in [4.78, 5) is 0. The van der Waals surface area contributed by atoms with Crippen LogP contribution in [0.1, 0.15) is 47.2 Å². The summed E-state index contributed by atoms with van der Waals surface area (Å²) in [6.07, 6.45) is -0.292. The Labute approximate surface area is 216 Å². The van der Waals surface area contributed by atoms with Gasteiger partial charge in [0.2, 0.25) is 0 Å². The van der Waals surface area contributed by atoms with E-state index in [0.29, 0.717) is 18.2 Å². The van der Waals surface area contributed by atoms with Gasteiger partial charge in [-0.05, 0) is 82.9 Å². The average molecular weight is 533 g/mol. The number of fused-ring (bicyclic) bond motifs is 1. The lowest BCUT2D eigenvalue weighted by Crippen LogP contribution is -2.46. The van der Waals surface area contributed by atoms with Gasteiger partial charge in [0, 0.05) is 33.8 Å². The predicted molar refractivity (Wildman–Crippen MR) is 155 cm³/mol. The largest absolute Gasteiger partial charge is 0.374 e. The lowest BCUT2D eigenvalue weighted by molar-refractivity contribution is -0.00750. The van der Waals surface area contributed by atoms with Crippen LogP contribution in [-0.2, 0) is 32.9 Å². The second-order valence-corrected chi connectivity index (χ2v) is 20.9. The normalized spacial score (nSPS) is 34.2. The zero-order valence-electron chi connectivity index (χ0n) is 21.8. The quantitative estimate of drug-likeness (QED) is 0.428. The molecule has 0 spiro atoms. The second kappa shape index (κ2) is 8.08. The maximum atomic E-state index is 7.17. The highest BCUT2D eigenvalue weighted by molar-refractivity contribution is 8.19. The van der Waals surface area contributed by atoms with Gasteiger partial charge in [-0.25, -0.2) is 0 Å². The molecular weight excluding hydrogens is 494 g/mol. The third-order valence-corrected chi connectivity index (χ3v) is 19.3. The van der Waals surface area contributed by atoms with Crippen LogP contribution in [-0.4, -0.2) is 36.8 Å². The van der Waals surface area contributed by atoms with Crippen LogP contribution >= 0.6 is 12.3 Å². The Morgan fingerprint density at radius 3 is 1.85 bits per heavy atom. The second-order valence-electron chi connectivity index (χ2n) is 11.7. The summed E-state index contributed by atoms with van der Waals surface area (Å²) in [7, 11) is 0. The van der Waals surface area contributed by atoms with E-state index in [-0.39, 0.29) is 11.0 Å². The predicted octanol–water partition coefficient (Wildman–Crippen LogP) is 6.19. The van der Waals surface area contributed by atoms with Gasteiger partial charge in [0.25, 0.3) is 0 Å². The molecule has 0 amide bonds. The van der Waals surface area contributed by atoms with E-state index in [9.17, 15) is 0 Å². The molecule has 2 aromatic carbocycles. The zero-order chi connectivity index (χ0) is 24.8. The maximum absolute atomic E-state index is 7.17. The highest BCUT2D eigenvalue weighted by Gasteiger charge is 2.72. The van der Waals surface area contributed by atoms with Crippen LogP contribution in [0.25, 0.3) is 0 Å². The first-order valence-corrected chi connectivity index (χ1v) is 18.3. The smallest absolute Gasteiger partial charge is 0.124 e. The number of hydrogen-bond donors (Lipinski definition) is 0. The van der Waals surface area contributed by atoms with E-state index in [1.54, 1.807) is 0 Å². The molecule has 0 aromatic heterocycles. The van der Waals surface area contributed by atoms with Crippen LogP contribution in [0.15, 0.2) is 24.3 Å². The summed E-state index contributed by atoms with van der Waals surface area (Å²) in [5.74, 6) is 0.501. The Hall–Kier alpha value is -0.340. The Balaban J connectivity index is 1.61. The van der Waals surface area contributed by atoms with Crippen molar-refractivity contribution in [3.8, 4) is 0 Å². The van der Waals surface area contributed by atoms with Crippen molar-refractivity contribution in [1.29, 1.82) is 0 Å². The van der Waals surface area contributed by atoms with E-state index in [1.165, 1.54) is 50.2 Å². The summed E-state index contributed by atoms with van der Waals surface area (Å²) in [5.41, 5.74) is 8.14. The molecule has 3 saturated heterocycles. The molecule has 2 bridgehead atoms. The van der Waals surface area contributed by atoms with Crippen LogP contribution in [0.5, 0.6) is 0 Å². The van der Waals surface area contributed by atoms with Crippen molar-refractivity contribution in [2.45, 2.75) is 66.6 Å². The molecule has 3 heterocycles. The molecule has 184 valence electrons. The van der Waals surface area contributed by atoms with Gasteiger partial charge < -0.3 is 9.26 Å². The Morgan fingerprint density at radius 1 is 0.912 bits per heavy atom. The van der Waals surface area contributed by atoms with Crippen molar-refractivity contribution < 1.29 is 9.26 Å². The lowest BCUT2D eigenvalue weighted by atomic mass is 9.69. The molecule has 0 N–H and O–H groups in total. The number of aryl methyl sites for hydroxylation is 6. The van der Waals surface area contributed by atoms with Crippen molar-refractivity contribution >= 4 is 46.5 Å². The Morgan fingerprint density at radius 2 is 1.38 bits per heavy atom. The number of ether oxygens (including phenoxy) is 1. The van der Waals surface area contributed by atoms with Gasteiger partial charge in [-0.2, -0.15) is 0 Å². The molecule has 0 unspecified atom stereocenters. The third-order valence-electron chi connectivity index (χ3n) is 9.13. The maximum Gasteiger partial charge on any atom is 0.124 e. The molecule has 3 aliphatic rings. The SMILES string of the molecule is Cc1cc(C)c(P(=S)(OC[C@H]2[C@H]3CO[C@@]4(C)C[P@]2(=S)C[C@@]34C)c2c(C)cc(C)cc2C)c(C)c1. The van der Waals surface area contributed by atoms with E-state index in [0.717, 1.165) is 12.8 Å². The molecular formula is C28H38O2P2S2. The molecule has 0 radical (unpaired) electrons. The van der Waals surface area contributed by atoms with E-state index >= 15 is 0 Å². The first-order chi connectivity index (χ1) is 15.7. The van der Waals surface area contributed by atoms with Crippen molar-refractivity contribution in [1.82, 2.24) is 0 Å². The van der Waals surface area contributed by atoms with E-state index in [1.807, 2.05) is 0 Å². The molecule has 0 aliphatic carbocycles. The first-order valence-electron chi connectivity index (χ1n) is 12.4. The molecule has 5 rings (SSSR count). The van der Waals surface area contributed by atoms with Gasteiger partial charge in [-0.1, -0.05) is 65.9 Å². The third kappa shape index (κ3) is 3.47. The zero-order valence-corrected chi connectivity index (χ0v) is 25.2. The van der Waals surface area contributed by atoms with Gasteiger partial charge in [0.15, 0.2) is 0 Å². The standard InChI is InChI=1S/C28H38O2P2S2/c1-17-9-19(3)25(20(4)10-17)32(34,26-21(5)11-18(2)12-22(26)6)30-14-24-23-13-29-28(8)16-31(24,33)15-27(23,28)7/h9-12,23-24H,13-16H2,1-8H3/t23-,24+,27+,28+,31-/m1/s1. The van der Waals surface area contributed by atoms with Crippen LogP contribution < -0.4 is 10.6 Å². The van der Waals surface area contributed by atoms with Crippen molar-refractivity contribution in [3.63, 3.8) is 0 Å². The molecule has 3 fully saturated rings. The summed E-state index contributed by atoms with van der Waals surface area (Å²) in [6, 6.07) is 7.52. The molecule has 6 heteroatoms. The first kappa shape index (κ1) is 25.3. The molecule has 2 aromatic rings. The fourth-order valence-electron chi connectivity index (χ4n) is 7.69. The number of benzene rings is 2. The van der Waals surface area contributed by atoms with Gasteiger partial charge >= 0.3 is 0 Å². The van der Waals surface area contributed by atoms with Crippen LogP contribution in [0.4, 0.5) is 0 Å². The monoisotopic (exact) mass is 532 g/mol. The van der Waals surface area contributed by atoms with Crippen LogP contribution in [0, 0.1) is 52.9 Å². The molecule has 3 aliphatic heterocycles. The minimum Gasteiger partial charge on any atom is -0.374 e. The minimum absolute atomic E-state index is 0.0296. The molecule has 34 heavy (non-hydrogen) atoms. The van der Waals surface area contributed by atoms with Crippen molar-refractivity contribution in [2.75, 3.05) is 25.5 Å². The molecule has 2 nitrogen and oxygen atoms in total. The molecule has 0 saturated carbocycles. The van der Waals surface area contributed by atoms with Crippen LogP contribution in [0.2, 0.25) is 0 Å². The summed E-state index contributed by atoms with van der Waals surface area (Å²) < 4.78 is 13.6. The summed E-state index contributed by atoms with van der Waals surface area (Å²) >= 11 is 13.2. The lowest BCUT2D eigenvalue weighted by Gasteiger charge is -2.41. The van der Waals surface area contributed by atoms with Gasteiger partial charge in [-0.3, -0.25) is 0 Å². The number of rotatable bonds is 5. The average Bonchev–Trinajstić information content (AvgIpc) is 3.08. The fraction of sp³-hybridized carbons (Fsp3) is 0.571. The highest BCUT2D eigenvalue weighted by atomic mass is 32.4. The topological polar surface area (TPSA) is 18.5 Å². The Kier molecular flexibility index (Phi) is 6.01. The minimum atomic E-state index is -2.52. The Bertz CT molecular complexity index is 1190. The summed E-state index contributed by atoms with van der Waals surface area (Å²) in [6.45, 7) is 19.4. The van der Waals surface area contributed by atoms with E-state index < -0.39 is 12.3 Å². The molecule has 5 atom stereocenters. The number of hydrogen-bond acceptors (Lipinski definition) is 4. The van der Waals surface area contributed by atoms with Gasteiger partial charge in [-0.15, -0.1) is 0 Å². The van der Waals surface area contributed by atoms with E-state index in [2.05, 4.69) is 79.7 Å². The highest BCUT2D eigenvalue weighted by Crippen LogP contribution is 2.80.